The van der Waals surface area contributed by atoms with E-state index in [-0.39, 0.29) is 25.0 Å². The van der Waals surface area contributed by atoms with E-state index in [1.54, 1.807) is 42.7 Å². The first-order chi connectivity index (χ1) is 13.6. The smallest absolute Gasteiger partial charge is 0.266 e. The number of rotatable bonds is 6. The molecule has 0 atom stereocenters. The highest BCUT2D eigenvalue weighted by Gasteiger charge is 2.31. The third kappa shape index (κ3) is 4.05. The van der Waals surface area contributed by atoms with Crippen molar-refractivity contribution in [1.29, 1.82) is 0 Å². The van der Waals surface area contributed by atoms with Crippen LogP contribution >= 0.6 is 24.0 Å². The van der Waals surface area contributed by atoms with Crippen molar-refractivity contribution in [3.63, 3.8) is 0 Å². The van der Waals surface area contributed by atoms with Crippen LogP contribution in [-0.2, 0) is 9.59 Å². The number of ether oxygens (including phenoxy) is 2. The van der Waals surface area contributed by atoms with Gasteiger partial charge in [0, 0.05) is 30.8 Å². The number of thioether (sulfide) groups is 1. The first kappa shape index (κ1) is 18.6. The summed E-state index contributed by atoms with van der Waals surface area (Å²) in [4.78, 5) is 26.7. The molecule has 28 heavy (non-hydrogen) atoms. The van der Waals surface area contributed by atoms with Crippen molar-refractivity contribution in [2.75, 3.05) is 18.7 Å². The summed E-state index contributed by atoms with van der Waals surface area (Å²) in [7, 11) is 0. The van der Waals surface area contributed by atoms with Crippen LogP contribution in [0.1, 0.15) is 18.6 Å². The van der Waals surface area contributed by atoms with Crippen LogP contribution in [0.25, 0.3) is 6.08 Å². The van der Waals surface area contributed by atoms with Gasteiger partial charge >= 0.3 is 0 Å². The Morgan fingerprint density at radius 1 is 1.29 bits per heavy atom. The number of carbonyl (C=O) groups is 2. The normalized spacial score (nSPS) is 16.9. The number of anilines is 1. The van der Waals surface area contributed by atoms with Crippen LogP contribution < -0.4 is 14.8 Å². The Hall–Kier alpha value is -2.78. The first-order valence-electron chi connectivity index (χ1n) is 8.58. The van der Waals surface area contributed by atoms with Gasteiger partial charge in [-0.3, -0.25) is 14.5 Å². The highest BCUT2D eigenvalue weighted by molar-refractivity contribution is 8.26. The zero-order chi connectivity index (χ0) is 19.5. The lowest BCUT2D eigenvalue weighted by Gasteiger charge is -2.14. The summed E-state index contributed by atoms with van der Waals surface area (Å²) in [6, 6.07) is 8.76. The zero-order valence-electron chi connectivity index (χ0n) is 14.7. The van der Waals surface area contributed by atoms with Gasteiger partial charge in [0.05, 0.1) is 11.2 Å². The van der Waals surface area contributed by atoms with E-state index in [4.69, 9.17) is 26.1 Å². The molecule has 1 aromatic carbocycles. The molecular weight excluding hydrogens is 400 g/mol. The molecule has 0 bridgehead atoms. The largest absolute Gasteiger partial charge is 0.465 e. The Morgan fingerprint density at radius 2 is 2.14 bits per heavy atom. The van der Waals surface area contributed by atoms with Crippen LogP contribution in [0.3, 0.4) is 0 Å². The van der Waals surface area contributed by atoms with Crippen molar-refractivity contribution < 1.29 is 23.5 Å². The SMILES string of the molecule is O=C(CCCN1C(=O)/C(=C\c2ccco2)SC1=S)Nc1ccc2c(c1)OCO2. The first-order valence-corrected chi connectivity index (χ1v) is 9.81. The van der Waals surface area contributed by atoms with Crippen LogP contribution in [-0.4, -0.2) is 34.4 Å². The maximum atomic E-state index is 12.5. The molecule has 7 nitrogen and oxygen atoms in total. The fourth-order valence-corrected chi connectivity index (χ4v) is 4.08. The molecule has 2 aliphatic rings. The Labute approximate surface area is 170 Å². The molecular formula is C19H16N2O5S2. The van der Waals surface area contributed by atoms with E-state index in [9.17, 15) is 9.59 Å². The fraction of sp³-hybridized carbons (Fsp3) is 0.211. The summed E-state index contributed by atoms with van der Waals surface area (Å²) in [5.74, 6) is 1.57. The van der Waals surface area contributed by atoms with Crippen molar-refractivity contribution in [2.45, 2.75) is 12.8 Å². The molecule has 1 fully saturated rings. The summed E-state index contributed by atoms with van der Waals surface area (Å²) in [5.41, 5.74) is 0.640. The van der Waals surface area contributed by atoms with Gasteiger partial charge in [-0.15, -0.1) is 0 Å². The summed E-state index contributed by atoms with van der Waals surface area (Å²) in [5, 5.41) is 2.82. The Balaban J connectivity index is 1.28. The number of hydrogen-bond acceptors (Lipinski definition) is 7. The van der Waals surface area contributed by atoms with E-state index < -0.39 is 0 Å². The molecule has 0 spiro atoms. The molecule has 1 saturated heterocycles. The second kappa shape index (κ2) is 8.07. The van der Waals surface area contributed by atoms with Gasteiger partial charge in [0.15, 0.2) is 11.5 Å². The van der Waals surface area contributed by atoms with E-state index in [1.165, 1.54) is 16.7 Å². The van der Waals surface area contributed by atoms with Crippen LogP contribution in [0.5, 0.6) is 11.5 Å². The van der Waals surface area contributed by atoms with Crippen LogP contribution in [0.15, 0.2) is 45.9 Å². The third-order valence-corrected chi connectivity index (χ3v) is 5.51. The van der Waals surface area contributed by atoms with Crippen LogP contribution in [0.4, 0.5) is 5.69 Å². The van der Waals surface area contributed by atoms with Gasteiger partial charge in [-0.25, -0.2) is 0 Å². The lowest BCUT2D eigenvalue weighted by Crippen LogP contribution is -2.29. The fourth-order valence-electron chi connectivity index (χ4n) is 2.79. The average molecular weight is 416 g/mol. The molecule has 2 amide bonds. The van der Waals surface area contributed by atoms with Gasteiger partial charge in [-0.2, -0.15) is 0 Å². The van der Waals surface area contributed by atoms with E-state index >= 15 is 0 Å². The third-order valence-electron chi connectivity index (χ3n) is 4.13. The van der Waals surface area contributed by atoms with E-state index in [0.29, 0.717) is 45.1 Å². The second-order valence-corrected chi connectivity index (χ2v) is 7.74. The minimum atomic E-state index is -0.164. The summed E-state index contributed by atoms with van der Waals surface area (Å²) >= 11 is 6.53. The topological polar surface area (TPSA) is 81.0 Å². The molecule has 1 N–H and O–H groups in total. The van der Waals surface area contributed by atoms with Gasteiger partial charge in [0.25, 0.3) is 5.91 Å². The molecule has 4 rings (SSSR count). The highest BCUT2D eigenvalue weighted by Crippen LogP contribution is 2.34. The molecule has 0 unspecified atom stereocenters. The number of benzene rings is 1. The average Bonchev–Trinajstić information content (AvgIpc) is 3.39. The van der Waals surface area contributed by atoms with Crippen molar-refractivity contribution in [1.82, 2.24) is 4.90 Å². The molecule has 0 saturated carbocycles. The number of nitrogens with zero attached hydrogens (tertiary/aromatic N) is 1. The minimum Gasteiger partial charge on any atom is -0.465 e. The lowest BCUT2D eigenvalue weighted by molar-refractivity contribution is -0.122. The number of carbonyl (C=O) groups excluding carboxylic acids is 2. The number of furan rings is 1. The molecule has 144 valence electrons. The molecule has 1 aromatic heterocycles. The summed E-state index contributed by atoms with van der Waals surface area (Å²) in [6.45, 7) is 0.569. The molecule has 2 aromatic rings. The maximum absolute atomic E-state index is 12.5. The predicted octanol–water partition coefficient (Wildman–Crippen LogP) is 3.63. The Bertz CT molecular complexity index is 955. The monoisotopic (exact) mass is 416 g/mol. The van der Waals surface area contributed by atoms with Crippen LogP contribution in [0, 0.1) is 0 Å². The zero-order valence-corrected chi connectivity index (χ0v) is 16.3. The molecule has 2 aliphatic heterocycles. The molecule has 0 aliphatic carbocycles. The quantitative estimate of drug-likeness (QED) is 0.569. The number of amides is 2. The van der Waals surface area contributed by atoms with Gasteiger partial charge in [0.2, 0.25) is 12.7 Å². The number of hydrogen-bond donors (Lipinski definition) is 1. The maximum Gasteiger partial charge on any atom is 0.266 e. The van der Waals surface area contributed by atoms with Crippen LogP contribution in [0.2, 0.25) is 0 Å². The second-order valence-electron chi connectivity index (χ2n) is 6.07. The highest BCUT2D eigenvalue weighted by atomic mass is 32.2. The summed E-state index contributed by atoms with van der Waals surface area (Å²) < 4.78 is 16.3. The Kier molecular flexibility index (Phi) is 5.36. The minimum absolute atomic E-state index is 0.143. The van der Waals surface area contributed by atoms with E-state index in [1.807, 2.05) is 0 Å². The van der Waals surface area contributed by atoms with E-state index in [0.717, 1.165) is 0 Å². The van der Waals surface area contributed by atoms with E-state index in [2.05, 4.69) is 5.32 Å². The van der Waals surface area contributed by atoms with Crippen molar-refractivity contribution in [2.24, 2.45) is 0 Å². The number of nitrogens with one attached hydrogen (secondary N) is 1. The number of thiocarbonyl (C=S) groups is 1. The predicted molar refractivity (Wildman–Crippen MR) is 109 cm³/mol. The lowest BCUT2D eigenvalue weighted by atomic mass is 10.2. The van der Waals surface area contributed by atoms with Gasteiger partial charge in [-0.1, -0.05) is 24.0 Å². The standard InChI is InChI=1S/C19H16N2O5S2/c22-17(20-12-5-6-14-15(9-12)26-11-25-14)4-1-7-21-18(23)16(28-19(21)27)10-13-3-2-8-24-13/h2-3,5-6,8-10H,1,4,7,11H2,(H,20,22)/b16-10+. The Morgan fingerprint density at radius 3 is 2.96 bits per heavy atom. The van der Waals surface area contributed by atoms with Gasteiger partial charge in [-0.05, 0) is 30.7 Å². The van der Waals surface area contributed by atoms with Crippen molar-refractivity contribution in [3.8, 4) is 11.5 Å². The van der Waals surface area contributed by atoms with Gasteiger partial charge in [0.1, 0.15) is 10.1 Å². The summed E-state index contributed by atoms with van der Waals surface area (Å²) in [6.07, 6.45) is 3.98. The number of fused-ring (bicyclic) bond motifs is 1. The molecule has 0 radical (unpaired) electrons. The van der Waals surface area contributed by atoms with Crippen molar-refractivity contribution >= 4 is 51.9 Å². The van der Waals surface area contributed by atoms with Gasteiger partial charge < -0.3 is 19.2 Å². The molecule has 9 heteroatoms. The molecule has 3 heterocycles. The van der Waals surface area contributed by atoms with Crippen molar-refractivity contribution in [3.05, 3.63) is 47.3 Å².